The van der Waals surface area contributed by atoms with E-state index in [0.29, 0.717) is 33.7 Å². The Morgan fingerprint density at radius 3 is 2.49 bits per heavy atom. The molecule has 1 aliphatic carbocycles. The van der Waals surface area contributed by atoms with Crippen LogP contribution in [0, 0.1) is 0 Å². The van der Waals surface area contributed by atoms with Gasteiger partial charge in [0.15, 0.2) is 6.29 Å². The lowest BCUT2D eigenvalue weighted by atomic mass is 9.98. The number of nitrogens with zero attached hydrogens (tertiary/aromatic N) is 3. The molecule has 0 saturated carbocycles. The number of fused-ring (bicyclic) bond motifs is 3. The first kappa shape index (κ1) is 27.3. The van der Waals surface area contributed by atoms with Crippen LogP contribution in [0.2, 0.25) is 5.02 Å². The van der Waals surface area contributed by atoms with Crippen molar-refractivity contribution in [2.45, 2.75) is 22.4 Å². The summed E-state index contributed by atoms with van der Waals surface area (Å²) in [6.07, 6.45) is 1.76. The maximum Gasteiger partial charge on any atom is 0.152 e. The van der Waals surface area contributed by atoms with E-state index in [1.165, 1.54) is 22.9 Å². The van der Waals surface area contributed by atoms with Crippen LogP contribution in [-0.2, 0) is 16.0 Å². The molecule has 208 valence electrons. The molecule has 1 aromatic heterocycles. The van der Waals surface area contributed by atoms with E-state index in [9.17, 15) is 9.90 Å². The highest BCUT2D eigenvalue weighted by atomic mass is 35.5. The van der Waals surface area contributed by atoms with Gasteiger partial charge in [0.2, 0.25) is 0 Å². The van der Waals surface area contributed by atoms with Crippen LogP contribution < -0.4 is 10.0 Å². The van der Waals surface area contributed by atoms with Crippen molar-refractivity contribution in [3.8, 4) is 11.1 Å². The third-order valence-electron chi connectivity index (χ3n) is 7.32. The largest absolute Gasteiger partial charge is 0.599 e. The average Bonchev–Trinajstić information content (AvgIpc) is 3.34. The predicted molar refractivity (Wildman–Crippen MR) is 159 cm³/mol. The zero-order chi connectivity index (χ0) is 28.2. The van der Waals surface area contributed by atoms with E-state index in [4.69, 9.17) is 21.1 Å². The summed E-state index contributed by atoms with van der Waals surface area (Å²) in [7, 11) is 0. The molecule has 0 amide bonds. The van der Waals surface area contributed by atoms with Crippen molar-refractivity contribution < 1.29 is 19.4 Å². The molecule has 1 fully saturated rings. The monoisotopic (exact) mass is 584 g/mol. The smallest absolute Gasteiger partial charge is 0.152 e. The molecule has 1 saturated heterocycles. The second kappa shape index (κ2) is 12.3. The van der Waals surface area contributed by atoms with Gasteiger partial charge in [0.05, 0.1) is 24.8 Å². The zero-order valence-electron chi connectivity index (χ0n) is 22.2. The molecule has 9 heteroatoms. The summed E-state index contributed by atoms with van der Waals surface area (Å²) in [5, 5.41) is 14.0. The van der Waals surface area contributed by atoms with Crippen molar-refractivity contribution in [3.63, 3.8) is 0 Å². The summed E-state index contributed by atoms with van der Waals surface area (Å²) in [6, 6.07) is 23.7. The highest BCUT2D eigenvalue weighted by Crippen LogP contribution is 2.44. The Kier molecular flexibility index (Phi) is 8.23. The van der Waals surface area contributed by atoms with Crippen molar-refractivity contribution in [1.29, 1.82) is 0 Å². The van der Waals surface area contributed by atoms with E-state index in [-0.39, 0.29) is 19.1 Å². The molecule has 0 atom stereocenters. The Morgan fingerprint density at radius 1 is 1.07 bits per heavy atom. The number of carbonyl (C=O) groups excluding carboxylic acids is 1. The van der Waals surface area contributed by atoms with E-state index in [1.54, 1.807) is 18.3 Å². The summed E-state index contributed by atoms with van der Waals surface area (Å²) in [4.78, 5) is 23.1. The molecule has 1 aliphatic heterocycles. The molecule has 0 spiro atoms. The number of hydrogen-bond acceptors (Lipinski definition) is 8. The Labute approximate surface area is 247 Å². The Bertz CT molecular complexity index is 1560. The number of ether oxygens (including phenoxy) is 2. The molecular formula is C32H27ClN3O4S-. The number of benzene rings is 3. The Hall–Kier alpha value is -3.85. The fraction of sp³-hybridized carbons (Fsp3) is 0.219. The highest BCUT2D eigenvalue weighted by Gasteiger charge is 2.27. The van der Waals surface area contributed by atoms with Crippen LogP contribution in [-0.4, -0.2) is 50.3 Å². The van der Waals surface area contributed by atoms with Crippen molar-refractivity contribution in [2.75, 3.05) is 37.8 Å². The van der Waals surface area contributed by atoms with Crippen LogP contribution in [0.1, 0.15) is 33.0 Å². The van der Waals surface area contributed by atoms with Gasteiger partial charge in [0.1, 0.15) is 11.1 Å². The van der Waals surface area contributed by atoms with Crippen molar-refractivity contribution in [2.24, 2.45) is 4.99 Å². The second-order valence-corrected chi connectivity index (χ2v) is 11.2. The van der Waals surface area contributed by atoms with Crippen LogP contribution in [0.25, 0.3) is 11.1 Å². The van der Waals surface area contributed by atoms with Crippen LogP contribution in [0.15, 0.2) is 93.9 Å². The number of anilines is 1. The average molecular weight is 585 g/mol. The minimum absolute atomic E-state index is 0.0438. The van der Waals surface area contributed by atoms with Gasteiger partial charge < -0.3 is 19.5 Å². The maximum atomic E-state index is 12.9. The fourth-order valence-electron chi connectivity index (χ4n) is 5.33. The van der Waals surface area contributed by atoms with Gasteiger partial charge in [0, 0.05) is 48.0 Å². The summed E-state index contributed by atoms with van der Waals surface area (Å²) in [5.41, 5.74) is 6.77. The predicted octanol–water partition coefficient (Wildman–Crippen LogP) is 5.58. The van der Waals surface area contributed by atoms with Gasteiger partial charge in [-0.15, -0.1) is 0 Å². The Morgan fingerprint density at radius 2 is 1.78 bits per heavy atom. The number of aldehydes is 1. The van der Waals surface area contributed by atoms with Crippen LogP contribution in [0.5, 0.6) is 0 Å². The highest BCUT2D eigenvalue weighted by molar-refractivity contribution is 7.99. The third kappa shape index (κ3) is 5.81. The van der Waals surface area contributed by atoms with Crippen LogP contribution in [0.3, 0.4) is 0 Å². The minimum atomic E-state index is -0.637. The number of aromatic nitrogens is 1. The zero-order valence-corrected chi connectivity index (χ0v) is 23.7. The summed E-state index contributed by atoms with van der Waals surface area (Å²) < 4.78 is 11.2. The van der Waals surface area contributed by atoms with Gasteiger partial charge >= 0.3 is 0 Å². The molecular weight excluding hydrogens is 558 g/mol. The van der Waals surface area contributed by atoms with Gasteiger partial charge in [-0.25, -0.2) is 4.98 Å². The molecule has 0 unspecified atom stereocenters. The number of halogens is 1. The van der Waals surface area contributed by atoms with Crippen molar-refractivity contribution >= 4 is 41.4 Å². The SMILES string of the molecule is O=Cc1cccnc1Sc1c(Cl)cc(N2CCOCC2)cc1CN=C([O-])OCC1c2ccccc2-c2ccccc21. The number of pyridine rings is 1. The minimum Gasteiger partial charge on any atom is -0.599 e. The molecule has 4 aromatic rings. The standard InChI is InChI=1S/C32H28ClN3O4S/c33-29-17-23(36-12-14-39-15-13-36)16-22(30(29)41-31-21(19-37)6-5-11-34-31)18-35-32(38)40-20-28-26-9-3-1-7-24(26)25-8-2-4-10-27(25)28/h1-11,16-17,19,28H,12-15,18,20H2,(H,35,38)/p-1. The lowest BCUT2D eigenvalue weighted by Gasteiger charge is -2.30. The van der Waals surface area contributed by atoms with Gasteiger partial charge in [-0.05, 0) is 52.1 Å². The van der Waals surface area contributed by atoms with E-state index in [2.05, 4.69) is 39.1 Å². The topological polar surface area (TPSA) is 87.1 Å². The van der Waals surface area contributed by atoms with E-state index < -0.39 is 6.08 Å². The number of carbonyl (C=O) groups is 1. The Balaban J connectivity index is 1.25. The van der Waals surface area contributed by atoms with Crippen LogP contribution >= 0.6 is 23.4 Å². The first-order valence-electron chi connectivity index (χ1n) is 13.4. The first-order valence-corrected chi connectivity index (χ1v) is 14.6. The number of morpholine rings is 1. The third-order valence-corrected chi connectivity index (χ3v) is 8.95. The number of aliphatic imine (C=N–C) groups is 1. The molecule has 0 bridgehead atoms. The molecule has 6 rings (SSSR count). The molecule has 3 aromatic carbocycles. The van der Waals surface area contributed by atoms with Gasteiger partial charge in [-0.3, -0.25) is 9.79 Å². The lowest BCUT2D eigenvalue weighted by Crippen LogP contribution is -2.36. The quantitative estimate of drug-likeness (QED) is 0.152. The lowest BCUT2D eigenvalue weighted by molar-refractivity contribution is -0.251. The first-order chi connectivity index (χ1) is 20.1. The van der Waals surface area contributed by atoms with E-state index >= 15 is 0 Å². The second-order valence-electron chi connectivity index (χ2n) is 9.75. The normalized spacial score (nSPS) is 15.0. The van der Waals surface area contributed by atoms with Gasteiger partial charge in [0.25, 0.3) is 0 Å². The fourth-order valence-corrected chi connectivity index (χ4v) is 6.64. The summed E-state index contributed by atoms with van der Waals surface area (Å²) in [6.45, 7) is 3.00. The molecule has 2 aliphatic rings. The van der Waals surface area contributed by atoms with Crippen LogP contribution in [0.4, 0.5) is 5.69 Å². The number of rotatable bonds is 8. The van der Waals surface area contributed by atoms with E-state index in [0.717, 1.165) is 41.8 Å². The molecule has 7 nitrogen and oxygen atoms in total. The molecule has 41 heavy (non-hydrogen) atoms. The molecule has 2 heterocycles. The van der Waals surface area contributed by atoms with Crippen molar-refractivity contribution in [3.05, 3.63) is 106 Å². The van der Waals surface area contributed by atoms with Crippen molar-refractivity contribution in [1.82, 2.24) is 4.98 Å². The molecule has 0 N–H and O–H groups in total. The van der Waals surface area contributed by atoms with E-state index in [1.807, 2.05) is 36.4 Å². The van der Waals surface area contributed by atoms with Gasteiger partial charge in [-0.2, -0.15) is 0 Å². The van der Waals surface area contributed by atoms with Gasteiger partial charge in [-0.1, -0.05) is 71.9 Å². The number of hydrogen-bond donors (Lipinski definition) is 0. The summed E-state index contributed by atoms with van der Waals surface area (Å²) >= 11 is 8.09. The maximum absolute atomic E-state index is 12.9. The summed E-state index contributed by atoms with van der Waals surface area (Å²) in [5.74, 6) is -0.0438. The molecule has 0 radical (unpaired) electrons.